The first kappa shape index (κ1) is 34.3. The summed E-state index contributed by atoms with van der Waals surface area (Å²) in [6, 6.07) is -0.412. The monoisotopic (exact) mass is 563 g/mol. The molecule has 2 saturated heterocycles. The standard InChI is InChI=1S/C28H53NO10/c1-6-35-14-10-20-18(3)38-24(28(5,34)27(20)33)12-16-37-13-8-9-21-25(29-19(4)31)22(11-15-36-7-2)39-23(17-30)26(21)32/h18,20-27,30,32-34H,6-17H2,1-5H3,(H,29,31). The van der Waals surface area contributed by atoms with E-state index in [1.54, 1.807) is 6.92 Å². The van der Waals surface area contributed by atoms with Gasteiger partial charge in [0.1, 0.15) is 11.7 Å². The second-order valence-corrected chi connectivity index (χ2v) is 11.0. The molecule has 10 unspecified atom stereocenters. The largest absolute Gasteiger partial charge is 0.394 e. The Kier molecular flexibility index (Phi) is 15.1. The quantitative estimate of drug-likeness (QED) is 0.160. The summed E-state index contributed by atoms with van der Waals surface area (Å²) < 4.78 is 28.8. The first-order chi connectivity index (χ1) is 18.6. The Labute approximate surface area is 233 Å². The molecule has 0 aliphatic carbocycles. The van der Waals surface area contributed by atoms with E-state index < -0.39 is 36.1 Å². The number of nitrogens with one attached hydrogen (secondary N) is 1. The average molecular weight is 564 g/mol. The Morgan fingerprint density at radius 2 is 1.54 bits per heavy atom. The predicted octanol–water partition coefficient (Wildman–Crippen LogP) is 0.783. The molecular formula is C28H53NO10. The van der Waals surface area contributed by atoms with Gasteiger partial charge >= 0.3 is 0 Å². The van der Waals surface area contributed by atoms with Crippen LogP contribution in [0, 0.1) is 11.8 Å². The second-order valence-electron chi connectivity index (χ2n) is 11.0. The van der Waals surface area contributed by atoms with E-state index in [0.717, 1.165) is 0 Å². The van der Waals surface area contributed by atoms with Gasteiger partial charge in [0.2, 0.25) is 5.91 Å². The zero-order chi connectivity index (χ0) is 29.0. The van der Waals surface area contributed by atoms with Crippen LogP contribution in [0.25, 0.3) is 0 Å². The number of aliphatic hydroxyl groups excluding tert-OH is 3. The first-order valence-corrected chi connectivity index (χ1v) is 14.6. The Morgan fingerprint density at radius 1 is 0.897 bits per heavy atom. The Hall–Kier alpha value is -0.890. The highest BCUT2D eigenvalue weighted by Crippen LogP contribution is 2.37. The van der Waals surface area contributed by atoms with Crippen molar-refractivity contribution in [2.45, 2.75) is 115 Å². The van der Waals surface area contributed by atoms with Crippen LogP contribution in [0.4, 0.5) is 0 Å². The number of hydrogen-bond donors (Lipinski definition) is 5. The van der Waals surface area contributed by atoms with Crippen molar-refractivity contribution in [2.24, 2.45) is 11.8 Å². The highest BCUT2D eigenvalue weighted by Gasteiger charge is 2.50. The van der Waals surface area contributed by atoms with Crippen LogP contribution < -0.4 is 5.32 Å². The number of amides is 1. The van der Waals surface area contributed by atoms with Gasteiger partial charge in [-0.3, -0.25) is 4.79 Å². The summed E-state index contributed by atoms with van der Waals surface area (Å²) >= 11 is 0. The van der Waals surface area contributed by atoms with Gasteiger partial charge in [-0.1, -0.05) is 0 Å². The number of ether oxygens (including phenoxy) is 5. The molecule has 39 heavy (non-hydrogen) atoms. The molecule has 2 fully saturated rings. The minimum atomic E-state index is -1.40. The zero-order valence-electron chi connectivity index (χ0n) is 24.4. The van der Waals surface area contributed by atoms with Crippen LogP contribution >= 0.6 is 0 Å². The van der Waals surface area contributed by atoms with E-state index in [2.05, 4.69) is 5.32 Å². The summed E-state index contributed by atoms with van der Waals surface area (Å²) in [6.07, 6.45) is -1.02. The van der Waals surface area contributed by atoms with Crippen molar-refractivity contribution in [2.75, 3.05) is 46.2 Å². The molecule has 2 aliphatic heterocycles. The van der Waals surface area contributed by atoms with E-state index in [4.69, 9.17) is 23.7 Å². The van der Waals surface area contributed by atoms with Crippen LogP contribution in [0.5, 0.6) is 0 Å². The molecule has 1 amide bonds. The maximum Gasteiger partial charge on any atom is 0.217 e. The molecule has 0 aromatic heterocycles. The second kappa shape index (κ2) is 17.2. The molecule has 0 aromatic carbocycles. The van der Waals surface area contributed by atoms with E-state index >= 15 is 0 Å². The zero-order valence-corrected chi connectivity index (χ0v) is 24.4. The van der Waals surface area contributed by atoms with Gasteiger partial charge in [-0.2, -0.15) is 0 Å². The molecule has 10 atom stereocenters. The number of rotatable bonds is 17. The highest BCUT2D eigenvalue weighted by molar-refractivity contribution is 5.73. The third-order valence-electron chi connectivity index (χ3n) is 8.12. The van der Waals surface area contributed by atoms with Crippen LogP contribution in [0.2, 0.25) is 0 Å². The summed E-state index contributed by atoms with van der Waals surface area (Å²) in [5.41, 5.74) is -1.40. The Balaban J connectivity index is 1.86. The summed E-state index contributed by atoms with van der Waals surface area (Å²) in [5, 5.41) is 45.5. The van der Waals surface area contributed by atoms with E-state index in [1.807, 2.05) is 20.8 Å². The molecule has 230 valence electrons. The number of carbonyl (C=O) groups excluding carboxylic acids is 1. The lowest BCUT2D eigenvalue weighted by molar-refractivity contribution is -0.248. The van der Waals surface area contributed by atoms with Crippen molar-refractivity contribution in [3.63, 3.8) is 0 Å². The maximum absolute atomic E-state index is 11.9. The molecule has 11 nitrogen and oxygen atoms in total. The molecule has 0 spiro atoms. The maximum atomic E-state index is 11.9. The fourth-order valence-electron chi connectivity index (χ4n) is 5.89. The lowest BCUT2D eigenvalue weighted by Crippen LogP contribution is -2.61. The van der Waals surface area contributed by atoms with Crippen LogP contribution in [0.3, 0.4) is 0 Å². The summed E-state index contributed by atoms with van der Waals surface area (Å²) in [6.45, 7) is 11.3. The SMILES string of the molecule is CCOCCC1OC(CO)C(O)C(CCCOCCC2OC(C)C(CCOCC)C(O)C2(C)O)C1NC(C)=O. The third kappa shape index (κ3) is 9.86. The minimum Gasteiger partial charge on any atom is -0.394 e. The van der Waals surface area contributed by atoms with E-state index in [-0.39, 0.29) is 36.6 Å². The minimum absolute atomic E-state index is 0.211. The predicted molar refractivity (Wildman–Crippen MR) is 144 cm³/mol. The van der Waals surface area contributed by atoms with Crippen LogP contribution in [-0.2, 0) is 28.5 Å². The molecule has 2 aliphatic rings. The van der Waals surface area contributed by atoms with E-state index in [0.29, 0.717) is 71.7 Å². The molecule has 0 bridgehead atoms. The van der Waals surface area contributed by atoms with Crippen molar-refractivity contribution >= 4 is 5.91 Å². The number of carbonyl (C=O) groups is 1. The molecule has 0 aromatic rings. The Bertz CT molecular complexity index is 695. The van der Waals surface area contributed by atoms with Crippen LogP contribution in [0.1, 0.15) is 66.7 Å². The topological polar surface area (TPSA) is 156 Å². The van der Waals surface area contributed by atoms with Crippen molar-refractivity contribution in [3.8, 4) is 0 Å². The summed E-state index contributed by atoms with van der Waals surface area (Å²) in [7, 11) is 0. The summed E-state index contributed by atoms with van der Waals surface area (Å²) in [4.78, 5) is 11.9. The summed E-state index contributed by atoms with van der Waals surface area (Å²) in [5.74, 6) is -0.745. The average Bonchev–Trinajstić information content (AvgIpc) is 2.89. The van der Waals surface area contributed by atoms with Crippen molar-refractivity contribution < 1.29 is 48.9 Å². The third-order valence-corrected chi connectivity index (χ3v) is 8.12. The van der Waals surface area contributed by atoms with Crippen molar-refractivity contribution in [1.82, 2.24) is 5.32 Å². The van der Waals surface area contributed by atoms with Gasteiger partial charge in [0.05, 0.1) is 43.2 Å². The van der Waals surface area contributed by atoms with Gasteiger partial charge in [0, 0.05) is 58.4 Å². The van der Waals surface area contributed by atoms with E-state index in [9.17, 15) is 25.2 Å². The fourth-order valence-corrected chi connectivity index (χ4v) is 5.89. The lowest BCUT2D eigenvalue weighted by atomic mass is 9.76. The molecular weight excluding hydrogens is 510 g/mol. The smallest absolute Gasteiger partial charge is 0.217 e. The number of hydrogen-bond acceptors (Lipinski definition) is 10. The van der Waals surface area contributed by atoms with E-state index in [1.165, 1.54) is 6.92 Å². The highest BCUT2D eigenvalue weighted by atomic mass is 16.5. The van der Waals surface area contributed by atoms with Gasteiger partial charge in [-0.25, -0.2) is 0 Å². The van der Waals surface area contributed by atoms with Gasteiger partial charge in [-0.05, 0) is 59.8 Å². The lowest BCUT2D eigenvalue weighted by Gasteiger charge is -2.48. The number of aliphatic hydroxyl groups is 4. The van der Waals surface area contributed by atoms with Crippen LogP contribution in [-0.4, -0.2) is 121 Å². The molecule has 11 heteroatoms. The first-order valence-electron chi connectivity index (χ1n) is 14.6. The van der Waals surface area contributed by atoms with Gasteiger partial charge in [0.15, 0.2) is 0 Å². The molecule has 2 heterocycles. The van der Waals surface area contributed by atoms with Gasteiger partial charge in [0.25, 0.3) is 0 Å². The van der Waals surface area contributed by atoms with Crippen LogP contribution in [0.15, 0.2) is 0 Å². The normalized spacial score (nSPS) is 37.1. The molecule has 0 radical (unpaired) electrons. The van der Waals surface area contributed by atoms with Crippen molar-refractivity contribution in [1.29, 1.82) is 0 Å². The molecule has 2 rings (SSSR count). The molecule has 5 N–H and O–H groups in total. The fraction of sp³-hybridized carbons (Fsp3) is 0.964. The van der Waals surface area contributed by atoms with Gasteiger partial charge < -0.3 is 49.4 Å². The van der Waals surface area contributed by atoms with Gasteiger partial charge in [-0.15, -0.1) is 0 Å². The van der Waals surface area contributed by atoms with Crippen molar-refractivity contribution in [3.05, 3.63) is 0 Å². The molecule has 0 saturated carbocycles. The Morgan fingerprint density at radius 3 is 2.15 bits per heavy atom.